The second-order valence-corrected chi connectivity index (χ2v) is 20.7. The van der Waals surface area contributed by atoms with Crippen molar-refractivity contribution in [3.8, 4) is 33.4 Å². The molecular weight excluding hydrogens is 964 g/mol. The van der Waals surface area contributed by atoms with E-state index in [2.05, 4.69) is 15.6 Å². The van der Waals surface area contributed by atoms with Gasteiger partial charge in [-0.1, -0.05) is 63.2 Å². The highest BCUT2D eigenvalue weighted by molar-refractivity contribution is 7.81. The van der Waals surface area contributed by atoms with E-state index >= 15 is 0 Å². The Bertz CT molecular complexity index is 2870. The monoisotopic (exact) mass is 1020 g/mol. The minimum atomic E-state index is -4.80. The Hall–Kier alpha value is -6.68. The van der Waals surface area contributed by atoms with Gasteiger partial charge in [-0.3, -0.25) is 24.1 Å². The minimum absolute atomic E-state index is 0.0107. The molecule has 2 N–H and O–H groups in total. The van der Waals surface area contributed by atoms with Gasteiger partial charge < -0.3 is 29.9 Å². The molecule has 2 atom stereocenters. The van der Waals surface area contributed by atoms with Crippen LogP contribution in [0.25, 0.3) is 21.6 Å². The second kappa shape index (κ2) is 22.0. The first-order valence-corrected chi connectivity index (χ1v) is 25.0. The van der Waals surface area contributed by atoms with Crippen LogP contribution in [0.3, 0.4) is 0 Å². The maximum atomic E-state index is 14.0. The van der Waals surface area contributed by atoms with Crippen LogP contribution in [0.2, 0.25) is 0 Å². The number of nitrogens with one attached hydrogen (secondary N) is 2. The summed E-state index contributed by atoms with van der Waals surface area (Å²) in [7, 11) is 0. The molecule has 0 aliphatic carbocycles. The quantitative estimate of drug-likeness (QED) is 0.0679. The van der Waals surface area contributed by atoms with Crippen molar-refractivity contribution in [2.45, 2.75) is 104 Å². The van der Waals surface area contributed by atoms with Crippen LogP contribution in [-0.4, -0.2) is 82.6 Å². The van der Waals surface area contributed by atoms with Gasteiger partial charge in [0.25, 0.3) is 5.91 Å². The number of thiazole rings is 1. The third kappa shape index (κ3) is 11.8. The number of halogens is 3. The number of benzene rings is 4. The molecule has 72 heavy (non-hydrogen) atoms. The van der Waals surface area contributed by atoms with Crippen LogP contribution in [0, 0.1) is 30.6 Å². The van der Waals surface area contributed by atoms with Gasteiger partial charge in [0, 0.05) is 25.4 Å². The Morgan fingerprint density at radius 3 is 2.26 bits per heavy atom. The largest absolute Gasteiger partial charge is 0.494 e. The molecule has 2 aliphatic heterocycles. The Morgan fingerprint density at radius 1 is 0.944 bits per heavy atom. The van der Waals surface area contributed by atoms with Crippen molar-refractivity contribution in [2.24, 2.45) is 5.41 Å². The number of ether oxygens (including phenoxy) is 2. The topological polar surface area (TPSA) is 157 Å². The fourth-order valence-electron chi connectivity index (χ4n) is 8.94. The molecule has 0 spiro atoms. The fraction of sp³-hybridized carbons (Fsp3) is 0.389. The zero-order valence-corrected chi connectivity index (χ0v) is 42.9. The van der Waals surface area contributed by atoms with Gasteiger partial charge in [0.1, 0.15) is 30.0 Å². The van der Waals surface area contributed by atoms with Gasteiger partial charge in [-0.25, -0.2) is 4.98 Å². The average molecular weight is 1020 g/mol. The number of anilines is 2. The number of likely N-dealkylation sites (tertiary alicyclic amines) is 1. The van der Waals surface area contributed by atoms with Crippen LogP contribution in [-0.2, 0) is 36.6 Å². The normalized spacial score (nSPS) is 16.2. The number of unbranched alkanes of at least 4 members (excludes halogenated alkanes) is 1. The predicted molar refractivity (Wildman–Crippen MR) is 275 cm³/mol. The van der Waals surface area contributed by atoms with Gasteiger partial charge in [-0.15, -0.1) is 11.3 Å². The Kier molecular flexibility index (Phi) is 16.2. The lowest BCUT2D eigenvalue weighted by Gasteiger charge is -2.35. The molecule has 2 aliphatic rings. The first-order valence-electron chi connectivity index (χ1n) is 23.7. The second-order valence-electron chi connectivity index (χ2n) is 19.5. The van der Waals surface area contributed by atoms with E-state index in [0.717, 1.165) is 55.4 Å². The lowest BCUT2D eigenvalue weighted by Crippen LogP contribution is -2.58. The van der Waals surface area contributed by atoms with Crippen molar-refractivity contribution in [3.63, 3.8) is 0 Å². The van der Waals surface area contributed by atoms with Crippen LogP contribution >= 0.6 is 23.6 Å². The van der Waals surface area contributed by atoms with E-state index in [0.29, 0.717) is 63.4 Å². The molecule has 2 fully saturated rings. The van der Waals surface area contributed by atoms with Crippen molar-refractivity contribution < 1.29 is 41.8 Å². The molecular formula is C54H58F3N7O6S2. The van der Waals surface area contributed by atoms with E-state index < -0.39 is 52.2 Å². The summed E-state index contributed by atoms with van der Waals surface area (Å²) in [5, 5.41) is 15.1. The van der Waals surface area contributed by atoms with Gasteiger partial charge in [0.05, 0.1) is 45.6 Å². The number of nitrogens with zero attached hydrogens (tertiary/aromatic N) is 5. The molecule has 0 bridgehead atoms. The molecule has 5 aromatic rings. The van der Waals surface area contributed by atoms with Crippen molar-refractivity contribution in [1.82, 2.24) is 20.5 Å². The molecule has 3 heterocycles. The standard InChI is InChI=1S/C54H58F3N7O6S2/c1-33-27-41(22-23-42(33)36-16-19-39(20-17-36)64-51(71)63(50(68)53(64,6)7)40-21-18-38(29-58)43(28-40)54(55,56)57)70-26-9-8-25-69-31-45(65)61-47(52(3,4)5)49(67)62-24-10-11-44(62)48(66)59-30-35-12-14-37(15-13-35)46-34(2)60-32-72-46/h12-23,27-28,32,44,47H,8-11,24-26,30-31H2,1-7H3,(H,59,66)(H,61,65)/t44-,47+/m0/s1. The molecule has 378 valence electrons. The van der Waals surface area contributed by atoms with Gasteiger partial charge in [0.2, 0.25) is 17.7 Å². The van der Waals surface area contributed by atoms with Gasteiger partial charge in [-0.2, -0.15) is 18.4 Å². The zero-order valence-electron chi connectivity index (χ0n) is 41.3. The molecule has 18 heteroatoms. The molecule has 0 radical (unpaired) electrons. The van der Waals surface area contributed by atoms with Gasteiger partial charge in [0.15, 0.2) is 5.11 Å². The Labute approximate surface area is 427 Å². The lowest BCUT2D eigenvalue weighted by atomic mass is 9.85. The number of hydrogen-bond acceptors (Lipinski definition) is 10. The molecule has 4 amide bonds. The van der Waals surface area contributed by atoms with Crippen LogP contribution in [0.4, 0.5) is 24.5 Å². The molecule has 2 saturated heterocycles. The number of carbonyl (C=O) groups excluding carboxylic acids is 4. The SMILES string of the molecule is Cc1cc(OCCCCOCC(=O)N[C@H](C(=O)N2CCC[C@H]2C(=O)NCc2ccc(-c3scnc3C)cc2)C(C)(C)C)ccc1-c1ccc(N2C(=S)N(c3ccc(C#N)c(C(F)(F)F)c3)C(=O)C2(C)C)cc1. The highest BCUT2D eigenvalue weighted by Gasteiger charge is 2.51. The maximum Gasteiger partial charge on any atom is 0.417 e. The molecule has 0 saturated carbocycles. The smallest absolute Gasteiger partial charge is 0.417 e. The number of amides is 4. The zero-order chi connectivity index (χ0) is 52.1. The summed E-state index contributed by atoms with van der Waals surface area (Å²) in [5.41, 5.74) is 4.52. The Balaban J connectivity index is 0.847. The predicted octanol–water partition coefficient (Wildman–Crippen LogP) is 9.92. The number of hydrogen-bond donors (Lipinski definition) is 2. The summed E-state index contributed by atoms with van der Waals surface area (Å²) in [6.45, 7) is 14.1. The number of carbonyl (C=O) groups is 4. The number of alkyl halides is 3. The molecule has 0 unspecified atom stereocenters. The number of rotatable bonds is 17. The molecule has 1 aromatic heterocycles. The first-order chi connectivity index (χ1) is 34.1. The average Bonchev–Trinajstić information content (AvgIpc) is 4.05. The summed E-state index contributed by atoms with van der Waals surface area (Å²) in [4.78, 5) is 63.9. The van der Waals surface area contributed by atoms with Crippen LogP contribution in [0.5, 0.6) is 5.75 Å². The van der Waals surface area contributed by atoms with Crippen LogP contribution < -0.4 is 25.2 Å². The lowest BCUT2D eigenvalue weighted by molar-refractivity contribution is -0.144. The molecule has 13 nitrogen and oxygen atoms in total. The Morgan fingerprint density at radius 2 is 1.62 bits per heavy atom. The van der Waals surface area contributed by atoms with E-state index in [1.807, 2.05) is 94.7 Å². The fourth-order valence-corrected chi connectivity index (χ4v) is 10.3. The van der Waals surface area contributed by atoms with Crippen molar-refractivity contribution in [3.05, 3.63) is 118 Å². The summed E-state index contributed by atoms with van der Waals surface area (Å²) >= 11 is 7.28. The third-order valence-corrected chi connectivity index (χ3v) is 14.2. The number of aryl methyl sites for hydroxylation is 2. The molecule has 4 aromatic carbocycles. The summed E-state index contributed by atoms with van der Waals surface area (Å²) < 4.78 is 53.1. The first kappa shape index (κ1) is 53.1. The summed E-state index contributed by atoms with van der Waals surface area (Å²) in [6.07, 6.45) is -2.30. The van der Waals surface area contributed by atoms with E-state index in [9.17, 15) is 37.6 Å². The molecule has 7 rings (SSSR count). The van der Waals surface area contributed by atoms with Crippen molar-refractivity contribution >= 4 is 63.7 Å². The van der Waals surface area contributed by atoms with Crippen molar-refractivity contribution in [2.75, 3.05) is 36.2 Å². The maximum absolute atomic E-state index is 14.0. The highest BCUT2D eigenvalue weighted by atomic mass is 32.1. The third-order valence-electron chi connectivity index (χ3n) is 12.9. The number of thiocarbonyl (C=S) groups is 1. The number of nitriles is 1. The van der Waals surface area contributed by atoms with Gasteiger partial charge >= 0.3 is 6.18 Å². The van der Waals surface area contributed by atoms with Gasteiger partial charge in [-0.05, 0) is 141 Å². The van der Waals surface area contributed by atoms with Crippen LogP contribution in [0.15, 0.2) is 90.4 Å². The van der Waals surface area contributed by atoms with E-state index in [1.54, 1.807) is 53.2 Å². The minimum Gasteiger partial charge on any atom is -0.494 e. The van der Waals surface area contributed by atoms with E-state index in [4.69, 9.17) is 21.7 Å². The van der Waals surface area contributed by atoms with E-state index in [1.165, 1.54) is 6.07 Å². The van der Waals surface area contributed by atoms with Crippen molar-refractivity contribution in [1.29, 1.82) is 5.26 Å². The highest BCUT2D eigenvalue weighted by Crippen LogP contribution is 2.41. The number of aromatic nitrogens is 1. The summed E-state index contributed by atoms with van der Waals surface area (Å²) in [6, 6.07) is 24.3. The van der Waals surface area contributed by atoms with Crippen LogP contribution in [0.1, 0.15) is 88.2 Å². The van der Waals surface area contributed by atoms with E-state index in [-0.39, 0.29) is 29.2 Å². The summed E-state index contributed by atoms with van der Waals surface area (Å²) in [5.74, 6) is -0.775.